The summed E-state index contributed by atoms with van der Waals surface area (Å²) in [5.41, 5.74) is 1.85. The van der Waals surface area contributed by atoms with Gasteiger partial charge >= 0.3 is 0 Å². The number of rotatable bonds is 5. The Labute approximate surface area is 102 Å². The predicted molar refractivity (Wildman–Crippen MR) is 69.0 cm³/mol. The summed E-state index contributed by atoms with van der Waals surface area (Å²) in [6, 6.07) is 5.52. The molecule has 1 aromatic carbocycles. The standard InChI is InChI=1S/C13H18ClNO/c1-3-4-5-6-13(16)15-12-9-11(14)8-7-10(12)2/h7-9H,3-6H2,1-2H3,(H,15,16). The lowest BCUT2D eigenvalue weighted by Crippen LogP contribution is -2.11. The van der Waals surface area contributed by atoms with Gasteiger partial charge in [0, 0.05) is 17.1 Å². The van der Waals surface area contributed by atoms with Crippen LogP contribution in [0, 0.1) is 6.92 Å². The quantitative estimate of drug-likeness (QED) is 0.768. The maximum Gasteiger partial charge on any atom is 0.224 e. The molecule has 1 aromatic rings. The van der Waals surface area contributed by atoms with Crippen LogP contribution >= 0.6 is 11.6 Å². The first-order valence-corrected chi connectivity index (χ1v) is 6.07. The molecule has 0 saturated carbocycles. The van der Waals surface area contributed by atoms with E-state index in [0.717, 1.165) is 30.5 Å². The third-order valence-electron chi connectivity index (χ3n) is 2.48. The fourth-order valence-corrected chi connectivity index (χ4v) is 1.65. The van der Waals surface area contributed by atoms with E-state index in [9.17, 15) is 4.79 Å². The molecule has 88 valence electrons. The molecule has 1 N–H and O–H groups in total. The van der Waals surface area contributed by atoms with Crippen molar-refractivity contribution in [3.05, 3.63) is 28.8 Å². The number of hydrogen-bond acceptors (Lipinski definition) is 1. The van der Waals surface area contributed by atoms with Gasteiger partial charge in [0.1, 0.15) is 0 Å². The Bertz CT molecular complexity index is 363. The number of benzene rings is 1. The smallest absolute Gasteiger partial charge is 0.224 e. The average molecular weight is 240 g/mol. The van der Waals surface area contributed by atoms with Crippen molar-refractivity contribution < 1.29 is 4.79 Å². The molecule has 3 heteroatoms. The van der Waals surface area contributed by atoms with E-state index < -0.39 is 0 Å². The summed E-state index contributed by atoms with van der Waals surface area (Å²) in [5, 5.41) is 3.53. The molecular weight excluding hydrogens is 222 g/mol. The van der Waals surface area contributed by atoms with Gasteiger partial charge in [-0.25, -0.2) is 0 Å². The zero-order valence-electron chi connectivity index (χ0n) is 9.85. The first kappa shape index (κ1) is 13.0. The Hall–Kier alpha value is -1.02. The zero-order chi connectivity index (χ0) is 12.0. The van der Waals surface area contributed by atoms with Crippen molar-refractivity contribution in [3.8, 4) is 0 Å². The van der Waals surface area contributed by atoms with Crippen molar-refractivity contribution in [1.29, 1.82) is 0 Å². The Morgan fingerprint density at radius 3 is 2.81 bits per heavy atom. The van der Waals surface area contributed by atoms with Crippen molar-refractivity contribution in [1.82, 2.24) is 0 Å². The van der Waals surface area contributed by atoms with Crippen LogP contribution in [0.5, 0.6) is 0 Å². The number of aryl methyl sites for hydroxylation is 1. The molecule has 0 bridgehead atoms. The van der Waals surface area contributed by atoms with E-state index in [1.807, 2.05) is 19.1 Å². The summed E-state index contributed by atoms with van der Waals surface area (Å²) in [4.78, 5) is 11.6. The number of nitrogens with one attached hydrogen (secondary N) is 1. The summed E-state index contributed by atoms with van der Waals surface area (Å²) in [7, 11) is 0. The van der Waals surface area contributed by atoms with E-state index >= 15 is 0 Å². The molecule has 0 aliphatic rings. The Morgan fingerprint density at radius 1 is 1.38 bits per heavy atom. The van der Waals surface area contributed by atoms with Crippen LogP contribution in [-0.2, 0) is 4.79 Å². The van der Waals surface area contributed by atoms with Gasteiger partial charge in [-0.3, -0.25) is 4.79 Å². The number of anilines is 1. The van der Waals surface area contributed by atoms with Crippen LogP contribution in [-0.4, -0.2) is 5.91 Å². The third-order valence-corrected chi connectivity index (χ3v) is 2.72. The van der Waals surface area contributed by atoms with E-state index in [0.29, 0.717) is 11.4 Å². The van der Waals surface area contributed by atoms with E-state index in [4.69, 9.17) is 11.6 Å². The van der Waals surface area contributed by atoms with Crippen molar-refractivity contribution in [3.63, 3.8) is 0 Å². The fraction of sp³-hybridized carbons (Fsp3) is 0.462. The van der Waals surface area contributed by atoms with Crippen molar-refractivity contribution in [2.75, 3.05) is 5.32 Å². The molecule has 1 amide bonds. The molecular formula is C13H18ClNO. The van der Waals surface area contributed by atoms with Gasteiger partial charge in [0.05, 0.1) is 0 Å². The van der Waals surface area contributed by atoms with Gasteiger partial charge in [-0.2, -0.15) is 0 Å². The second-order valence-electron chi connectivity index (χ2n) is 3.96. The molecule has 16 heavy (non-hydrogen) atoms. The van der Waals surface area contributed by atoms with Crippen LogP contribution in [0.25, 0.3) is 0 Å². The van der Waals surface area contributed by atoms with Crippen LogP contribution in [0.3, 0.4) is 0 Å². The molecule has 0 atom stereocenters. The Morgan fingerprint density at radius 2 is 2.12 bits per heavy atom. The average Bonchev–Trinajstić information content (AvgIpc) is 2.24. The number of hydrogen-bond donors (Lipinski definition) is 1. The van der Waals surface area contributed by atoms with Crippen LogP contribution in [0.4, 0.5) is 5.69 Å². The molecule has 0 heterocycles. The predicted octanol–water partition coefficient (Wildman–Crippen LogP) is 4.17. The lowest BCUT2D eigenvalue weighted by Gasteiger charge is -2.08. The highest BCUT2D eigenvalue weighted by atomic mass is 35.5. The van der Waals surface area contributed by atoms with Gasteiger partial charge in [-0.1, -0.05) is 37.4 Å². The maximum atomic E-state index is 11.6. The van der Waals surface area contributed by atoms with E-state index in [-0.39, 0.29) is 5.91 Å². The third kappa shape index (κ3) is 4.23. The van der Waals surface area contributed by atoms with Crippen molar-refractivity contribution >= 4 is 23.2 Å². The largest absolute Gasteiger partial charge is 0.326 e. The van der Waals surface area contributed by atoms with Crippen molar-refractivity contribution in [2.24, 2.45) is 0 Å². The Kier molecular flexibility index (Phi) is 5.33. The van der Waals surface area contributed by atoms with Gasteiger partial charge in [0.2, 0.25) is 5.91 Å². The molecule has 0 unspecified atom stereocenters. The van der Waals surface area contributed by atoms with Gasteiger partial charge in [-0.15, -0.1) is 0 Å². The SMILES string of the molecule is CCCCCC(=O)Nc1cc(Cl)ccc1C. The molecule has 0 aliphatic heterocycles. The molecule has 0 aliphatic carbocycles. The summed E-state index contributed by atoms with van der Waals surface area (Å²) < 4.78 is 0. The topological polar surface area (TPSA) is 29.1 Å². The summed E-state index contributed by atoms with van der Waals surface area (Å²) in [5.74, 6) is 0.0683. The second kappa shape index (κ2) is 6.54. The summed E-state index contributed by atoms with van der Waals surface area (Å²) in [6.45, 7) is 4.08. The minimum absolute atomic E-state index is 0.0683. The molecule has 0 aromatic heterocycles. The van der Waals surface area contributed by atoms with Gasteiger partial charge in [0.25, 0.3) is 0 Å². The molecule has 0 radical (unpaired) electrons. The van der Waals surface area contributed by atoms with Crippen LogP contribution in [0.15, 0.2) is 18.2 Å². The minimum Gasteiger partial charge on any atom is -0.326 e. The number of halogens is 1. The second-order valence-corrected chi connectivity index (χ2v) is 4.40. The number of carbonyl (C=O) groups excluding carboxylic acids is 1. The monoisotopic (exact) mass is 239 g/mol. The van der Waals surface area contributed by atoms with Crippen molar-refractivity contribution in [2.45, 2.75) is 39.5 Å². The zero-order valence-corrected chi connectivity index (χ0v) is 10.6. The Balaban J connectivity index is 2.52. The van der Waals surface area contributed by atoms with E-state index in [1.165, 1.54) is 0 Å². The lowest BCUT2D eigenvalue weighted by molar-refractivity contribution is -0.116. The molecule has 0 fully saturated rings. The first-order valence-electron chi connectivity index (χ1n) is 5.69. The highest BCUT2D eigenvalue weighted by Crippen LogP contribution is 2.20. The van der Waals surface area contributed by atoms with E-state index in [2.05, 4.69) is 12.2 Å². The number of amides is 1. The molecule has 1 rings (SSSR count). The summed E-state index contributed by atoms with van der Waals surface area (Å²) >= 11 is 5.88. The highest BCUT2D eigenvalue weighted by molar-refractivity contribution is 6.31. The van der Waals surface area contributed by atoms with Crippen LogP contribution in [0.1, 0.15) is 38.2 Å². The maximum absolute atomic E-state index is 11.6. The van der Waals surface area contributed by atoms with Gasteiger partial charge in [0.15, 0.2) is 0 Å². The van der Waals surface area contributed by atoms with E-state index in [1.54, 1.807) is 6.07 Å². The lowest BCUT2D eigenvalue weighted by atomic mass is 10.1. The normalized spacial score (nSPS) is 10.2. The fourth-order valence-electron chi connectivity index (χ4n) is 1.48. The number of unbranched alkanes of at least 4 members (excludes halogenated alkanes) is 2. The van der Waals surface area contributed by atoms with Crippen LogP contribution in [0.2, 0.25) is 5.02 Å². The molecule has 0 saturated heterocycles. The summed E-state index contributed by atoms with van der Waals surface area (Å²) in [6.07, 6.45) is 3.76. The van der Waals surface area contributed by atoms with Gasteiger partial charge < -0.3 is 5.32 Å². The van der Waals surface area contributed by atoms with Crippen LogP contribution < -0.4 is 5.32 Å². The molecule has 2 nitrogen and oxygen atoms in total. The number of carbonyl (C=O) groups is 1. The first-order chi connectivity index (χ1) is 7.63. The van der Waals surface area contributed by atoms with Gasteiger partial charge in [-0.05, 0) is 31.0 Å². The molecule has 0 spiro atoms. The minimum atomic E-state index is 0.0683. The highest BCUT2D eigenvalue weighted by Gasteiger charge is 2.04.